The van der Waals surface area contributed by atoms with Gasteiger partial charge in [0.15, 0.2) is 0 Å². The number of benzene rings is 3. The summed E-state index contributed by atoms with van der Waals surface area (Å²) in [7, 11) is 0. The SMILES string of the molecule is Cc1cc(C(=O)O)cc(C2=C(c3cc(C(F)(F)F)ccc3OCc3ccc(F)cc3F)CCC2)c1. The first-order valence-corrected chi connectivity index (χ1v) is 10.9. The third kappa shape index (κ3) is 5.37. The van der Waals surface area contributed by atoms with Gasteiger partial charge in [-0.1, -0.05) is 6.07 Å². The van der Waals surface area contributed by atoms with E-state index in [0.29, 0.717) is 42.0 Å². The molecule has 8 heteroatoms. The fraction of sp³-hybridized carbons (Fsp3) is 0.222. The Morgan fingerprint density at radius 2 is 1.71 bits per heavy atom. The number of aromatic carboxylic acids is 1. The number of hydrogen-bond donors (Lipinski definition) is 1. The smallest absolute Gasteiger partial charge is 0.416 e. The number of carboxylic acid groups (broad SMARTS) is 1. The predicted octanol–water partition coefficient (Wildman–Crippen LogP) is 7.66. The third-order valence-electron chi connectivity index (χ3n) is 5.92. The summed E-state index contributed by atoms with van der Waals surface area (Å²) < 4.78 is 73.6. The molecule has 3 aromatic carbocycles. The number of carboxylic acids is 1. The highest BCUT2D eigenvalue weighted by molar-refractivity contribution is 5.96. The lowest BCUT2D eigenvalue weighted by molar-refractivity contribution is -0.137. The standard InChI is InChI=1S/C27H21F5O3/c1-15-9-17(11-18(10-15)26(33)34)21-3-2-4-22(21)23-12-19(27(30,31)32)6-8-25(23)35-14-16-5-7-20(28)13-24(16)29/h5-13H,2-4,14H2,1H3,(H,33,34). The van der Waals surface area contributed by atoms with E-state index in [9.17, 15) is 31.9 Å². The lowest BCUT2D eigenvalue weighted by Crippen LogP contribution is -2.07. The van der Waals surface area contributed by atoms with Crippen molar-refractivity contribution in [1.82, 2.24) is 0 Å². The van der Waals surface area contributed by atoms with Crippen LogP contribution >= 0.6 is 0 Å². The first-order chi connectivity index (χ1) is 16.5. The normalized spacial score (nSPS) is 13.9. The van der Waals surface area contributed by atoms with Crippen molar-refractivity contribution in [2.45, 2.75) is 39.0 Å². The van der Waals surface area contributed by atoms with Crippen LogP contribution < -0.4 is 4.74 Å². The molecule has 0 amide bonds. The Morgan fingerprint density at radius 3 is 2.40 bits per heavy atom. The molecule has 0 saturated carbocycles. The molecule has 3 aromatic rings. The molecule has 0 spiro atoms. The summed E-state index contributed by atoms with van der Waals surface area (Å²) in [6.45, 7) is 1.45. The number of aryl methyl sites for hydroxylation is 1. The summed E-state index contributed by atoms with van der Waals surface area (Å²) in [5, 5.41) is 9.43. The molecule has 4 rings (SSSR count). The first kappa shape index (κ1) is 24.4. The zero-order valence-electron chi connectivity index (χ0n) is 18.7. The molecule has 0 unspecified atom stereocenters. The average molecular weight is 488 g/mol. The largest absolute Gasteiger partial charge is 0.488 e. The first-order valence-electron chi connectivity index (χ1n) is 10.9. The van der Waals surface area contributed by atoms with Crippen LogP contribution in [-0.2, 0) is 12.8 Å². The molecule has 0 heterocycles. The Morgan fingerprint density at radius 1 is 0.971 bits per heavy atom. The molecule has 0 fully saturated rings. The van der Waals surface area contributed by atoms with Crippen LogP contribution in [-0.4, -0.2) is 11.1 Å². The lowest BCUT2D eigenvalue weighted by atomic mass is 9.93. The molecule has 0 aromatic heterocycles. The van der Waals surface area contributed by atoms with Crippen LogP contribution in [0.25, 0.3) is 11.1 Å². The van der Waals surface area contributed by atoms with Crippen LogP contribution in [0.4, 0.5) is 22.0 Å². The molecule has 1 aliphatic rings. The molecule has 0 atom stereocenters. The van der Waals surface area contributed by atoms with Crippen LogP contribution in [0.3, 0.4) is 0 Å². The predicted molar refractivity (Wildman–Crippen MR) is 121 cm³/mol. The maximum absolute atomic E-state index is 14.1. The number of ether oxygens (including phenoxy) is 1. The van der Waals surface area contributed by atoms with Crippen LogP contribution in [0.5, 0.6) is 5.75 Å². The number of halogens is 5. The molecular formula is C27H21F5O3. The molecule has 1 aliphatic carbocycles. The molecular weight excluding hydrogens is 467 g/mol. The van der Waals surface area contributed by atoms with E-state index in [1.165, 1.54) is 24.3 Å². The van der Waals surface area contributed by atoms with Gasteiger partial charge in [-0.3, -0.25) is 0 Å². The van der Waals surface area contributed by atoms with Crippen LogP contribution in [0.2, 0.25) is 0 Å². The molecule has 182 valence electrons. The van der Waals surface area contributed by atoms with Gasteiger partial charge in [-0.25, -0.2) is 13.6 Å². The minimum absolute atomic E-state index is 0.0580. The minimum atomic E-state index is -4.59. The second kappa shape index (κ2) is 9.52. The van der Waals surface area contributed by atoms with Crippen molar-refractivity contribution in [3.05, 3.63) is 99.6 Å². The van der Waals surface area contributed by atoms with Crippen LogP contribution in [0.15, 0.2) is 54.6 Å². The molecule has 35 heavy (non-hydrogen) atoms. The lowest BCUT2D eigenvalue weighted by Gasteiger charge is -2.18. The molecule has 0 saturated heterocycles. The van der Waals surface area contributed by atoms with E-state index in [2.05, 4.69) is 0 Å². The Balaban J connectivity index is 1.81. The quantitative estimate of drug-likeness (QED) is 0.362. The van der Waals surface area contributed by atoms with E-state index in [4.69, 9.17) is 4.74 Å². The van der Waals surface area contributed by atoms with Gasteiger partial charge in [-0.05, 0) is 90.9 Å². The van der Waals surface area contributed by atoms with E-state index in [1.54, 1.807) is 13.0 Å². The number of carbonyl (C=O) groups is 1. The third-order valence-corrected chi connectivity index (χ3v) is 5.92. The van der Waals surface area contributed by atoms with Gasteiger partial charge in [0, 0.05) is 17.2 Å². The molecule has 3 nitrogen and oxygen atoms in total. The van der Waals surface area contributed by atoms with Crippen molar-refractivity contribution < 1.29 is 36.6 Å². The number of alkyl halides is 3. The molecule has 0 bridgehead atoms. The van der Waals surface area contributed by atoms with Crippen LogP contribution in [0.1, 0.15) is 57.4 Å². The summed E-state index contributed by atoms with van der Waals surface area (Å²) in [6, 6.07) is 10.9. The number of rotatable bonds is 6. The fourth-order valence-corrected chi connectivity index (χ4v) is 4.30. The Labute approximate surface area is 198 Å². The van der Waals surface area contributed by atoms with Crippen molar-refractivity contribution in [1.29, 1.82) is 0 Å². The van der Waals surface area contributed by atoms with Gasteiger partial charge in [-0.2, -0.15) is 13.2 Å². The van der Waals surface area contributed by atoms with Gasteiger partial charge in [0.25, 0.3) is 0 Å². The highest BCUT2D eigenvalue weighted by Crippen LogP contribution is 2.45. The zero-order chi connectivity index (χ0) is 25.3. The molecule has 1 N–H and O–H groups in total. The summed E-state index contributed by atoms with van der Waals surface area (Å²) in [5.41, 5.74) is 2.21. The van der Waals surface area contributed by atoms with Gasteiger partial charge in [0.1, 0.15) is 24.0 Å². The van der Waals surface area contributed by atoms with Gasteiger partial charge in [0.2, 0.25) is 0 Å². The monoisotopic (exact) mass is 488 g/mol. The molecule has 0 radical (unpaired) electrons. The number of allylic oxidation sites excluding steroid dienone is 2. The number of hydrogen-bond acceptors (Lipinski definition) is 2. The summed E-state index contributed by atoms with van der Waals surface area (Å²) in [6.07, 6.45) is -2.90. The van der Waals surface area contributed by atoms with E-state index < -0.39 is 29.3 Å². The van der Waals surface area contributed by atoms with Crippen molar-refractivity contribution >= 4 is 17.1 Å². The Bertz CT molecular complexity index is 1320. The van der Waals surface area contributed by atoms with Crippen molar-refractivity contribution in [2.24, 2.45) is 0 Å². The average Bonchev–Trinajstić information content (AvgIpc) is 3.27. The van der Waals surface area contributed by atoms with E-state index in [0.717, 1.165) is 23.8 Å². The van der Waals surface area contributed by atoms with Crippen molar-refractivity contribution in [2.75, 3.05) is 0 Å². The van der Waals surface area contributed by atoms with Crippen molar-refractivity contribution in [3.8, 4) is 5.75 Å². The summed E-state index contributed by atoms with van der Waals surface area (Å²) >= 11 is 0. The van der Waals surface area contributed by atoms with Gasteiger partial charge >= 0.3 is 12.1 Å². The maximum Gasteiger partial charge on any atom is 0.416 e. The minimum Gasteiger partial charge on any atom is -0.488 e. The Hall–Kier alpha value is -3.68. The topological polar surface area (TPSA) is 46.5 Å². The van der Waals surface area contributed by atoms with Crippen LogP contribution in [0, 0.1) is 18.6 Å². The van der Waals surface area contributed by atoms with Gasteiger partial charge in [-0.15, -0.1) is 0 Å². The fourth-order valence-electron chi connectivity index (χ4n) is 4.30. The summed E-state index contributed by atoms with van der Waals surface area (Å²) in [4.78, 5) is 11.5. The van der Waals surface area contributed by atoms with E-state index in [-0.39, 0.29) is 29.0 Å². The highest BCUT2D eigenvalue weighted by atomic mass is 19.4. The van der Waals surface area contributed by atoms with Gasteiger partial charge in [0.05, 0.1) is 11.1 Å². The van der Waals surface area contributed by atoms with E-state index >= 15 is 0 Å². The van der Waals surface area contributed by atoms with E-state index in [1.807, 2.05) is 0 Å². The molecule has 0 aliphatic heterocycles. The van der Waals surface area contributed by atoms with Crippen molar-refractivity contribution in [3.63, 3.8) is 0 Å². The highest BCUT2D eigenvalue weighted by Gasteiger charge is 2.32. The second-order valence-electron chi connectivity index (χ2n) is 8.44. The van der Waals surface area contributed by atoms with Gasteiger partial charge < -0.3 is 9.84 Å². The maximum atomic E-state index is 14.1. The zero-order valence-corrected chi connectivity index (χ0v) is 18.7. The second-order valence-corrected chi connectivity index (χ2v) is 8.44. The summed E-state index contributed by atoms with van der Waals surface area (Å²) in [5.74, 6) is -2.54. The Kier molecular flexibility index (Phi) is 6.65.